The fourth-order valence-electron chi connectivity index (χ4n) is 7.60. The summed E-state index contributed by atoms with van der Waals surface area (Å²) in [6, 6.07) is 1.67. The zero-order valence-electron chi connectivity index (χ0n) is 18.7. The van der Waals surface area contributed by atoms with E-state index in [-0.39, 0.29) is 0 Å². The molecule has 3 fully saturated rings. The molecule has 3 aliphatic rings. The Hall–Kier alpha value is 0.217. The van der Waals surface area contributed by atoms with Crippen LogP contribution < -0.4 is 0 Å². The first-order valence-corrected chi connectivity index (χ1v) is 14.9. The third kappa shape index (κ3) is 4.61. The van der Waals surface area contributed by atoms with Crippen molar-refractivity contribution in [2.45, 2.75) is 134 Å². The molecule has 0 spiro atoms. The largest absolute Gasteiger partial charge is 0.0631 e. The van der Waals surface area contributed by atoms with Gasteiger partial charge in [-0.1, -0.05) is 118 Å². The van der Waals surface area contributed by atoms with Crippen molar-refractivity contribution in [2.75, 3.05) is 0 Å². The Morgan fingerprint density at radius 2 is 0.808 bits per heavy atom. The second kappa shape index (κ2) is 9.14. The molecule has 0 bridgehead atoms. The van der Waals surface area contributed by atoms with Gasteiger partial charge in [-0.25, -0.2) is 0 Å². The van der Waals surface area contributed by atoms with Crippen molar-refractivity contribution >= 4 is 8.07 Å². The summed E-state index contributed by atoms with van der Waals surface area (Å²) in [6.07, 6.45) is 18.9. The molecule has 0 aromatic carbocycles. The van der Waals surface area contributed by atoms with Gasteiger partial charge in [0, 0.05) is 0 Å². The van der Waals surface area contributed by atoms with E-state index in [4.69, 9.17) is 0 Å². The van der Waals surface area contributed by atoms with Crippen LogP contribution in [-0.4, -0.2) is 8.07 Å². The van der Waals surface area contributed by atoms with E-state index in [0.29, 0.717) is 0 Å². The normalized spacial score (nSPS) is 41.8. The Balaban J connectivity index is 1.90. The van der Waals surface area contributed by atoms with Gasteiger partial charge in [-0.3, -0.25) is 0 Å². The van der Waals surface area contributed by atoms with E-state index in [1.807, 2.05) is 0 Å². The number of rotatable bonds is 5. The minimum Gasteiger partial charge on any atom is -0.0630 e. The number of hydrogen-bond donors (Lipinski definition) is 0. The van der Waals surface area contributed by atoms with Crippen molar-refractivity contribution in [1.82, 2.24) is 0 Å². The van der Waals surface area contributed by atoms with E-state index in [1.54, 1.807) is 83.1 Å². The lowest BCUT2D eigenvalue weighted by Crippen LogP contribution is -2.52. The van der Waals surface area contributed by atoms with E-state index >= 15 is 0 Å². The van der Waals surface area contributed by atoms with E-state index < -0.39 is 8.07 Å². The van der Waals surface area contributed by atoms with Gasteiger partial charge in [-0.15, -0.1) is 0 Å². The molecule has 3 saturated carbocycles. The first-order valence-electron chi connectivity index (χ1n) is 12.4. The predicted molar refractivity (Wildman–Crippen MR) is 120 cm³/mol. The Kier molecular flexibility index (Phi) is 7.36. The fraction of sp³-hybridized carbons (Fsp3) is 1.00. The van der Waals surface area contributed by atoms with Gasteiger partial charge < -0.3 is 0 Å². The standard InChI is InChI=1S/C25H48Si/c1-19(2)18-26(23-12-6-20(3)7-13-23,24-14-8-21(4)9-15-24)25-16-10-22(5)11-17-25/h19-25H,6-18H2,1-5H3. The molecule has 0 N–H and O–H groups in total. The molecule has 0 aliphatic heterocycles. The van der Waals surface area contributed by atoms with Crippen molar-refractivity contribution in [1.29, 1.82) is 0 Å². The van der Waals surface area contributed by atoms with Crippen molar-refractivity contribution in [3.8, 4) is 0 Å². The summed E-state index contributed by atoms with van der Waals surface area (Å²) in [5.74, 6) is 3.96. The zero-order chi connectivity index (χ0) is 18.7. The van der Waals surface area contributed by atoms with Gasteiger partial charge in [0.1, 0.15) is 0 Å². The molecule has 0 heterocycles. The number of hydrogen-bond acceptors (Lipinski definition) is 0. The summed E-state index contributed by atoms with van der Waals surface area (Å²) in [5, 5.41) is 0. The van der Waals surface area contributed by atoms with E-state index in [2.05, 4.69) is 34.6 Å². The van der Waals surface area contributed by atoms with Crippen LogP contribution >= 0.6 is 0 Å². The van der Waals surface area contributed by atoms with Gasteiger partial charge >= 0.3 is 0 Å². The molecule has 3 rings (SSSR count). The van der Waals surface area contributed by atoms with Crippen LogP contribution in [-0.2, 0) is 0 Å². The SMILES string of the molecule is CC(C)C[Si](C1CCC(C)CC1)(C1CCC(C)CC1)C1CCC(C)CC1. The van der Waals surface area contributed by atoms with Crippen molar-refractivity contribution in [3.05, 3.63) is 0 Å². The molecule has 0 nitrogen and oxygen atoms in total. The lowest BCUT2D eigenvalue weighted by atomic mass is 9.89. The Morgan fingerprint density at radius 3 is 1.04 bits per heavy atom. The molecule has 0 saturated heterocycles. The van der Waals surface area contributed by atoms with Gasteiger partial charge in [0.15, 0.2) is 0 Å². The van der Waals surface area contributed by atoms with Crippen LogP contribution in [0.15, 0.2) is 0 Å². The van der Waals surface area contributed by atoms with Crippen LogP contribution in [0.25, 0.3) is 0 Å². The maximum absolute atomic E-state index is 2.56. The molecule has 0 amide bonds. The highest BCUT2D eigenvalue weighted by Crippen LogP contribution is 2.60. The highest BCUT2D eigenvalue weighted by atomic mass is 28.3. The maximum Gasteiger partial charge on any atom is 0.0631 e. The van der Waals surface area contributed by atoms with Gasteiger partial charge in [-0.2, -0.15) is 0 Å². The summed E-state index contributed by atoms with van der Waals surface area (Å²) >= 11 is 0. The van der Waals surface area contributed by atoms with Gasteiger partial charge in [0.2, 0.25) is 0 Å². The van der Waals surface area contributed by atoms with Crippen LogP contribution in [0.1, 0.15) is 112 Å². The van der Waals surface area contributed by atoms with Crippen LogP contribution in [0.2, 0.25) is 22.7 Å². The van der Waals surface area contributed by atoms with E-state index in [0.717, 1.165) is 23.7 Å². The monoisotopic (exact) mass is 376 g/mol. The molecular formula is C25H48Si. The van der Waals surface area contributed by atoms with E-state index in [1.165, 1.54) is 16.6 Å². The second-order valence-electron chi connectivity index (χ2n) is 11.6. The Labute approximate surface area is 166 Å². The predicted octanol–water partition coefficient (Wildman–Crippen LogP) is 8.83. The van der Waals surface area contributed by atoms with Crippen molar-refractivity contribution in [2.24, 2.45) is 23.7 Å². The summed E-state index contributed by atoms with van der Waals surface area (Å²) in [5.41, 5.74) is 3.54. The molecule has 0 unspecified atom stereocenters. The molecule has 3 aliphatic carbocycles. The third-order valence-electron chi connectivity index (χ3n) is 9.09. The van der Waals surface area contributed by atoms with Crippen molar-refractivity contribution in [3.63, 3.8) is 0 Å². The topological polar surface area (TPSA) is 0 Å². The van der Waals surface area contributed by atoms with Gasteiger partial charge in [0.25, 0.3) is 0 Å². The van der Waals surface area contributed by atoms with Gasteiger partial charge in [-0.05, 0) is 40.3 Å². The second-order valence-corrected chi connectivity index (χ2v) is 16.7. The molecule has 0 atom stereocenters. The van der Waals surface area contributed by atoms with Gasteiger partial charge in [0.05, 0.1) is 8.07 Å². The Morgan fingerprint density at radius 1 is 0.538 bits per heavy atom. The summed E-state index contributed by atoms with van der Waals surface area (Å²) in [4.78, 5) is 0. The molecule has 0 aromatic heterocycles. The average Bonchev–Trinajstić information content (AvgIpc) is 2.62. The first kappa shape index (κ1) is 20.9. The minimum absolute atomic E-state index is 0.930. The first-order chi connectivity index (χ1) is 12.4. The Bertz CT molecular complexity index is 349. The lowest BCUT2D eigenvalue weighted by Gasteiger charge is -2.55. The maximum atomic E-state index is 2.56. The van der Waals surface area contributed by atoms with E-state index in [9.17, 15) is 0 Å². The fourth-order valence-corrected chi connectivity index (χ4v) is 16.2. The van der Waals surface area contributed by atoms with Crippen LogP contribution in [0.5, 0.6) is 0 Å². The van der Waals surface area contributed by atoms with Crippen LogP contribution in [0, 0.1) is 23.7 Å². The smallest absolute Gasteiger partial charge is 0.0630 e. The molecule has 0 aromatic rings. The molecule has 0 radical (unpaired) electrons. The molecule has 152 valence electrons. The highest BCUT2D eigenvalue weighted by molar-refractivity contribution is 6.84. The molecule has 1 heteroatoms. The molecule has 26 heavy (non-hydrogen) atoms. The average molecular weight is 377 g/mol. The van der Waals surface area contributed by atoms with Crippen LogP contribution in [0.3, 0.4) is 0 Å². The minimum atomic E-state index is -1.24. The summed E-state index contributed by atoms with van der Waals surface area (Å²) in [6.45, 7) is 12.7. The highest BCUT2D eigenvalue weighted by Gasteiger charge is 2.53. The zero-order valence-corrected chi connectivity index (χ0v) is 19.7. The third-order valence-corrected chi connectivity index (χ3v) is 16.9. The quantitative estimate of drug-likeness (QED) is 0.420. The summed E-state index contributed by atoms with van der Waals surface area (Å²) in [7, 11) is -1.24. The van der Waals surface area contributed by atoms with Crippen molar-refractivity contribution < 1.29 is 0 Å². The van der Waals surface area contributed by atoms with Crippen LogP contribution in [0.4, 0.5) is 0 Å². The lowest BCUT2D eigenvalue weighted by molar-refractivity contribution is 0.324. The summed E-state index contributed by atoms with van der Waals surface area (Å²) < 4.78 is 0. The molecular weight excluding hydrogens is 328 g/mol.